The highest BCUT2D eigenvalue weighted by Crippen LogP contribution is 2.35. The minimum Gasteiger partial charge on any atom is -0.493 e. The number of rotatable bonds is 6. The SMILES string of the molecule is NC(=O)CCOc1ccc(-c2cnc3ccc(-c4cnc(N)c(C(F)(F)F)c4)nn23)cc1. The largest absolute Gasteiger partial charge is 0.493 e. The standard InChI is InChI=1S/C21H17F3N6O2/c22-21(23,24)15-9-13(10-28-20(15)26)16-5-6-19-27-11-17(30(19)29-16)12-1-3-14(4-2-12)32-8-7-18(25)31/h1-6,9-11H,7-8H2,(H2,25,31)(H2,26,28). The molecule has 1 amide bonds. The molecule has 0 aliphatic heterocycles. The molecule has 4 rings (SSSR count). The third-order valence-corrected chi connectivity index (χ3v) is 4.65. The van der Waals surface area contributed by atoms with E-state index in [4.69, 9.17) is 16.2 Å². The van der Waals surface area contributed by atoms with Crippen LogP contribution in [0.3, 0.4) is 0 Å². The first-order chi connectivity index (χ1) is 15.2. The quantitative estimate of drug-likeness (QED) is 0.473. The van der Waals surface area contributed by atoms with Crippen molar-refractivity contribution >= 4 is 17.4 Å². The van der Waals surface area contributed by atoms with E-state index in [1.165, 1.54) is 10.7 Å². The van der Waals surface area contributed by atoms with Gasteiger partial charge in [-0.05, 0) is 42.5 Å². The molecule has 0 fully saturated rings. The number of pyridine rings is 1. The number of anilines is 1. The number of amides is 1. The fraction of sp³-hybridized carbons (Fsp3) is 0.143. The molecule has 4 N–H and O–H groups in total. The van der Waals surface area contributed by atoms with Crippen LogP contribution in [0.15, 0.2) is 54.9 Å². The second-order valence-electron chi connectivity index (χ2n) is 6.88. The molecular formula is C21H17F3N6O2. The van der Waals surface area contributed by atoms with Crippen LogP contribution in [0.2, 0.25) is 0 Å². The molecule has 0 aliphatic carbocycles. The highest BCUT2D eigenvalue weighted by atomic mass is 19.4. The molecule has 3 aromatic heterocycles. The Balaban J connectivity index is 1.66. The summed E-state index contributed by atoms with van der Waals surface area (Å²) in [6.45, 7) is 0.171. The summed E-state index contributed by atoms with van der Waals surface area (Å²) >= 11 is 0. The second-order valence-corrected chi connectivity index (χ2v) is 6.88. The molecule has 0 aliphatic rings. The molecular weight excluding hydrogens is 425 g/mol. The molecule has 0 unspecified atom stereocenters. The number of imidazole rings is 1. The summed E-state index contributed by atoms with van der Waals surface area (Å²) in [5.41, 5.74) is 11.8. The first-order valence-corrected chi connectivity index (χ1v) is 9.42. The van der Waals surface area contributed by atoms with Crippen LogP contribution in [0.5, 0.6) is 5.75 Å². The lowest BCUT2D eigenvalue weighted by Crippen LogP contribution is -2.14. The zero-order chi connectivity index (χ0) is 22.9. The number of alkyl halides is 3. The Bertz CT molecular complexity index is 1290. The Kier molecular flexibility index (Phi) is 5.39. The van der Waals surface area contributed by atoms with E-state index in [9.17, 15) is 18.0 Å². The van der Waals surface area contributed by atoms with Gasteiger partial charge in [-0.25, -0.2) is 14.5 Å². The van der Waals surface area contributed by atoms with Gasteiger partial charge in [0.2, 0.25) is 5.91 Å². The number of nitrogens with two attached hydrogens (primary N) is 2. The molecule has 3 heterocycles. The van der Waals surface area contributed by atoms with E-state index >= 15 is 0 Å². The number of benzene rings is 1. The molecule has 1 aromatic carbocycles. The molecule has 0 bridgehead atoms. The van der Waals surface area contributed by atoms with Gasteiger partial charge < -0.3 is 16.2 Å². The fourth-order valence-electron chi connectivity index (χ4n) is 3.06. The number of hydrogen-bond donors (Lipinski definition) is 2. The minimum atomic E-state index is -4.63. The van der Waals surface area contributed by atoms with Gasteiger partial charge >= 0.3 is 6.18 Å². The molecule has 0 atom stereocenters. The number of hydrogen-bond acceptors (Lipinski definition) is 6. The Morgan fingerprint density at radius 2 is 1.78 bits per heavy atom. The van der Waals surface area contributed by atoms with Gasteiger partial charge in [-0.1, -0.05) is 0 Å². The maximum atomic E-state index is 13.2. The van der Waals surface area contributed by atoms with E-state index in [0.29, 0.717) is 17.1 Å². The third-order valence-electron chi connectivity index (χ3n) is 4.65. The van der Waals surface area contributed by atoms with E-state index in [0.717, 1.165) is 11.6 Å². The molecule has 4 aromatic rings. The summed E-state index contributed by atoms with van der Waals surface area (Å²) < 4.78 is 46.6. The monoisotopic (exact) mass is 442 g/mol. The van der Waals surface area contributed by atoms with Crippen LogP contribution in [0, 0.1) is 0 Å². The first-order valence-electron chi connectivity index (χ1n) is 9.42. The van der Waals surface area contributed by atoms with Crippen molar-refractivity contribution < 1.29 is 22.7 Å². The highest BCUT2D eigenvalue weighted by molar-refractivity contribution is 5.73. The zero-order valence-corrected chi connectivity index (χ0v) is 16.5. The summed E-state index contributed by atoms with van der Waals surface area (Å²) in [5.74, 6) is -0.484. The third kappa shape index (κ3) is 4.31. The number of carbonyl (C=O) groups excluding carboxylic acids is 1. The summed E-state index contributed by atoms with van der Waals surface area (Å²) in [6.07, 6.45) is -1.67. The van der Waals surface area contributed by atoms with E-state index in [-0.39, 0.29) is 24.3 Å². The van der Waals surface area contributed by atoms with Crippen molar-refractivity contribution in [3.63, 3.8) is 0 Å². The number of halogens is 3. The number of nitrogen functional groups attached to an aromatic ring is 1. The van der Waals surface area contributed by atoms with Crippen molar-refractivity contribution in [3.05, 3.63) is 60.4 Å². The van der Waals surface area contributed by atoms with Crippen LogP contribution < -0.4 is 16.2 Å². The molecule has 0 saturated heterocycles. The second kappa shape index (κ2) is 8.17. The molecule has 32 heavy (non-hydrogen) atoms. The molecule has 164 valence electrons. The number of carbonyl (C=O) groups is 1. The van der Waals surface area contributed by atoms with Gasteiger partial charge in [0.25, 0.3) is 0 Å². The Morgan fingerprint density at radius 3 is 2.47 bits per heavy atom. The van der Waals surface area contributed by atoms with Crippen LogP contribution in [-0.2, 0) is 11.0 Å². The predicted molar refractivity (Wildman–Crippen MR) is 110 cm³/mol. The molecule has 11 heteroatoms. The molecule has 8 nitrogen and oxygen atoms in total. The lowest BCUT2D eigenvalue weighted by Gasteiger charge is -2.11. The highest BCUT2D eigenvalue weighted by Gasteiger charge is 2.34. The lowest BCUT2D eigenvalue weighted by molar-refractivity contribution is -0.137. The predicted octanol–water partition coefficient (Wildman–Crippen LogP) is 3.31. The molecule has 0 radical (unpaired) electrons. The summed E-state index contributed by atoms with van der Waals surface area (Å²) in [5, 5.41) is 4.45. The van der Waals surface area contributed by atoms with Gasteiger partial charge in [0, 0.05) is 17.3 Å². The van der Waals surface area contributed by atoms with Crippen molar-refractivity contribution in [1.29, 1.82) is 0 Å². The van der Waals surface area contributed by atoms with Crippen LogP contribution >= 0.6 is 0 Å². The van der Waals surface area contributed by atoms with E-state index in [2.05, 4.69) is 15.1 Å². The zero-order valence-electron chi connectivity index (χ0n) is 16.5. The number of aromatic nitrogens is 4. The summed E-state index contributed by atoms with van der Waals surface area (Å²) in [4.78, 5) is 18.8. The maximum absolute atomic E-state index is 13.2. The van der Waals surface area contributed by atoms with Gasteiger partial charge in [-0.3, -0.25) is 4.79 Å². The average molecular weight is 442 g/mol. The number of fused-ring (bicyclic) bond motifs is 1. The van der Waals surface area contributed by atoms with Gasteiger partial charge in [-0.15, -0.1) is 0 Å². The van der Waals surface area contributed by atoms with Crippen LogP contribution in [-0.4, -0.2) is 32.1 Å². The van der Waals surface area contributed by atoms with Crippen LogP contribution in [0.1, 0.15) is 12.0 Å². The Morgan fingerprint density at radius 1 is 1.03 bits per heavy atom. The van der Waals surface area contributed by atoms with E-state index < -0.39 is 23.5 Å². The normalized spacial score (nSPS) is 11.6. The minimum absolute atomic E-state index is 0.109. The van der Waals surface area contributed by atoms with Gasteiger partial charge in [-0.2, -0.15) is 18.3 Å². The average Bonchev–Trinajstić information content (AvgIpc) is 3.17. The smallest absolute Gasteiger partial charge is 0.419 e. The fourth-order valence-corrected chi connectivity index (χ4v) is 3.06. The van der Waals surface area contributed by atoms with Crippen molar-refractivity contribution in [2.45, 2.75) is 12.6 Å². The van der Waals surface area contributed by atoms with E-state index in [1.54, 1.807) is 42.6 Å². The van der Waals surface area contributed by atoms with Gasteiger partial charge in [0.05, 0.1) is 36.2 Å². The lowest BCUT2D eigenvalue weighted by atomic mass is 10.1. The van der Waals surface area contributed by atoms with Crippen LogP contribution in [0.25, 0.3) is 28.2 Å². The Labute approximate surface area is 179 Å². The summed E-state index contributed by atoms with van der Waals surface area (Å²) in [7, 11) is 0. The Hall–Kier alpha value is -4.15. The topological polar surface area (TPSA) is 121 Å². The first kappa shape index (κ1) is 21.1. The number of primary amides is 1. The number of nitrogens with zero attached hydrogens (tertiary/aromatic N) is 4. The van der Waals surface area contributed by atoms with Crippen molar-refractivity contribution in [2.75, 3.05) is 12.3 Å². The van der Waals surface area contributed by atoms with Gasteiger partial charge in [0.15, 0.2) is 5.65 Å². The van der Waals surface area contributed by atoms with Crippen molar-refractivity contribution in [2.24, 2.45) is 5.73 Å². The van der Waals surface area contributed by atoms with Crippen LogP contribution in [0.4, 0.5) is 19.0 Å². The van der Waals surface area contributed by atoms with Gasteiger partial charge in [0.1, 0.15) is 11.6 Å². The molecule has 0 spiro atoms. The number of ether oxygens (including phenoxy) is 1. The summed E-state index contributed by atoms with van der Waals surface area (Å²) in [6, 6.07) is 11.1. The van der Waals surface area contributed by atoms with E-state index in [1.807, 2.05) is 0 Å². The van der Waals surface area contributed by atoms with Crippen molar-refractivity contribution in [1.82, 2.24) is 19.6 Å². The maximum Gasteiger partial charge on any atom is 0.419 e. The van der Waals surface area contributed by atoms with Crippen molar-refractivity contribution in [3.8, 4) is 28.3 Å². The molecule has 0 saturated carbocycles.